The number of hydrogen-bond acceptors (Lipinski definition) is 5. The van der Waals surface area contributed by atoms with E-state index in [1.54, 1.807) is 21.9 Å². The summed E-state index contributed by atoms with van der Waals surface area (Å²) >= 11 is 6.19. The number of halogens is 1. The van der Waals surface area contributed by atoms with E-state index in [9.17, 15) is 10.1 Å². The van der Waals surface area contributed by atoms with E-state index in [1.165, 1.54) is 0 Å². The second-order valence-corrected chi connectivity index (χ2v) is 9.98. The van der Waals surface area contributed by atoms with Crippen molar-refractivity contribution in [3.63, 3.8) is 0 Å². The number of hydroxylamine groups is 1. The Hall–Kier alpha value is -4.46. The number of nitro groups is 1. The Morgan fingerprint density at radius 2 is 1.49 bits per heavy atom. The number of anilines is 1. The van der Waals surface area contributed by atoms with Gasteiger partial charge < -0.3 is 0 Å². The molecule has 39 heavy (non-hydrogen) atoms. The molecule has 0 N–H and O–H groups in total. The molecule has 0 bridgehead atoms. The fourth-order valence-electron chi connectivity index (χ4n) is 5.05. The minimum atomic E-state index is -1.10. The van der Waals surface area contributed by atoms with Crippen molar-refractivity contribution in [1.29, 1.82) is 0 Å². The maximum atomic E-state index is 12.8. The molecule has 8 heteroatoms. The Labute approximate surface area is 231 Å². The normalized spacial score (nSPS) is 18.8. The van der Waals surface area contributed by atoms with Gasteiger partial charge in [-0.1, -0.05) is 90.0 Å². The van der Waals surface area contributed by atoms with E-state index in [0.29, 0.717) is 16.3 Å². The molecule has 1 fully saturated rings. The first-order valence-corrected chi connectivity index (χ1v) is 13.0. The van der Waals surface area contributed by atoms with Gasteiger partial charge in [0.05, 0.1) is 17.1 Å². The van der Waals surface area contributed by atoms with Gasteiger partial charge in [-0.3, -0.25) is 15.0 Å². The van der Waals surface area contributed by atoms with Crippen LogP contribution in [0.5, 0.6) is 0 Å². The molecule has 0 saturated carbocycles. The quantitative estimate of drug-likeness (QED) is 0.167. The van der Waals surface area contributed by atoms with Crippen LogP contribution in [0, 0.1) is 17.0 Å². The third-order valence-electron chi connectivity index (χ3n) is 6.97. The Kier molecular flexibility index (Phi) is 6.60. The highest BCUT2D eigenvalue weighted by Gasteiger charge is 2.54. The third kappa shape index (κ3) is 4.78. The Morgan fingerprint density at radius 1 is 0.846 bits per heavy atom. The van der Waals surface area contributed by atoms with E-state index in [0.717, 1.165) is 28.1 Å². The van der Waals surface area contributed by atoms with Gasteiger partial charge in [0, 0.05) is 27.3 Å². The van der Waals surface area contributed by atoms with Gasteiger partial charge in [-0.15, -0.1) is 0 Å². The van der Waals surface area contributed by atoms with Crippen LogP contribution in [0.3, 0.4) is 0 Å². The molecule has 4 aromatic carbocycles. The van der Waals surface area contributed by atoms with Crippen LogP contribution in [0.25, 0.3) is 16.9 Å². The Balaban J connectivity index is 1.57. The van der Waals surface area contributed by atoms with Crippen LogP contribution in [-0.4, -0.2) is 20.7 Å². The molecule has 1 aromatic heterocycles. The molecular formula is C31H25ClN4O3. The molecule has 0 aliphatic carbocycles. The SMILES string of the molecule is Cc1ccc(N2O[C@H](c3ccccc3)[C@@H]([N+](=O)[O-])[C@@H]2c2cn(-c3ccccc3)nc2-c2ccc(Cl)cc2)cc1. The molecule has 3 atom stereocenters. The van der Waals surface area contributed by atoms with Crippen molar-refractivity contribution in [1.82, 2.24) is 9.78 Å². The lowest BCUT2D eigenvalue weighted by Crippen LogP contribution is -2.32. The molecule has 194 valence electrons. The predicted octanol–water partition coefficient (Wildman–Crippen LogP) is 7.38. The van der Waals surface area contributed by atoms with Crippen LogP contribution < -0.4 is 5.06 Å². The summed E-state index contributed by atoms with van der Waals surface area (Å²) in [5, 5.41) is 20.0. The molecule has 2 heterocycles. The molecule has 6 rings (SSSR count). The Morgan fingerprint density at radius 3 is 2.13 bits per heavy atom. The molecular weight excluding hydrogens is 512 g/mol. The van der Waals surface area contributed by atoms with Crippen molar-refractivity contribution < 1.29 is 9.76 Å². The lowest BCUT2D eigenvalue weighted by atomic mass is 9.91. The van der Waals surface area contributed by atoms with Gasteiger partial charge in [-0.25, -0.2) is 9.75 Å². The maximum Gasteiger partial charge on any atom is 0.272 e. The zero-order chi connectivity index (χ0) is 26.9. The van der Waals surface area contributed by atoms with E-state index in [-0.39, 0.29) is 4.92 Å². The summed E-state index contributed by atoms with van der Waals surface area (Å²) < 4.78 is 1.76. The van der Waals surface area contributed by atoms with Crippen molar-refractivity contribution in [3.05, 3.63) is 147 Å². The van der Waals surface area contributed by atoms with Gasteiger partial charge in [0.1, 0.15) is 0 Å². The zero-order valence-electron chi connectivity index (χ0n) is 21.1. The minimum Gasteiger partial charge on any atom is -0.264 e. The monoisotopic (exact) mass is 536 g/mol. The highest BCUT2D eigenvalue weighted by Crippen LogP contribution is 2.48. The summed E-state index contributed by atoms with van der Waals surface area (Å²) in [6.07, 6.45) is 1.07. The minimum absolute atomic E-state index is 0.234. The molecule has 7 nitrogen and oxygen atoms in total. The van der Waals surface area contributed by atoms with Crippen molar-refractivity contribution in [2.24, 2.45) is 0 Å². The number of aryl methyl sites for hydroxylation is 1. The van der Waals surface area contributed by atoms with Crippen molar-refractivity contribution in [2.75, 3.05) is 5.06 Å². The topological polar surface area (TPSA) is 73.4 Å². The fourth-order valence-corrected chi connectivity index (χ4v) is 5.18. The van der Waals surface area contributed by atoms with Gasteiger partial charge in [0.2, 0.25) is 0 Å². The Bertz CT molecular complexity index is 1590. The highest BCUT2D eigenvalue weighted by molar-refractivity contribution is 6.30. The van der Waals surface area contributed by atoms with Gasteiger partial charge in [0.15, 0.2) is 12.1 Å². The average Bonchev–Trinajstić information content (AvgIpc) is 3.58. The van der Waals surface area contributed by atoms with Gasteiger partial charge in [0.25, 0.3) is 6.04 Å². The predicted molar refractivity (Wildman–Crippen MR) is 151 cm³/mol. The molecule has 1 saturated heterocycles. The van der Waals surface area contributed by atoms with Gasteiger partial charge >= 0.3 is 0 Å². The van der Waals surface area contributed by atoms with Crippen LogP contribution in [-0.2, 0) is 4.84 Å². The lowest BCUT2D eigenvalue weighted by Gasteiger charge is -2.24. The summed E-state index contributed by atoms with van der Waals surface area (Å²) in [7, 11) is 0. The smallest absolute Gasteiger partial charge is 0.264 e. The van der Waals surface area contributed by atoms with E-state index in [4.69, 9.17) is 21.5 Å². The van der Waals surface area contributed by atoms with Crippen LogP contribution in [0.15, 0.2) is 115 Å². The summed E-state index contributed by atoms with van der Waals surface area (Å²) in [5.41, 5.74) is 5.50. The average molecular weight is 537 g/mol. The third-order valence-corrected chi connectivity index (χ3v) is 7.22. The highest BCUT2D eigenvalue weighted by atomic mass is 35.5. The maximum absolute atomic E-state index is 12.8. The van der Waals surface area contributed by atoms with Crippen molar-refractivity contribution in [2.45, 2.75) is 25.1 Å². The summed E-state index contributed by atoms with van der Waals surface area (Å²) in [5.74, 6) is 0. The van der Waals surface area contributed by atoms with Crippen LogP contribution in [0.1, 0.15) is 28.8 Å². The summed E-state index contributed by atoms with van der Waals surface area (Å²) in [6, 6.07) is 32.3. The number of hydrogen-bond donors (Lipinski definition) is 0. The largest absolute Gasteiger partial charge is 0.272 e. The van der Waals surface area contributed by atoms with E-state index < -0.39 is 18.2 Å². The van der Waals surface area contributed by atoms with Crippen LogP contribution >= 0.6 is 11.6 Å². The van der Waals surface area contributed by atoms with Crippen LogP contribution in [0.4, 0.5) is 5.69 Å². The van der Waals surface area contributed by atoms with E-state index >= 15 is 0 Å². The summed E-state index contributed by atoms with van der Waals surface area (Å²) in [4.78, 5) is 19.1. The standard InChI is InChI=1S/C31H25ClN4O3/c1-21-12-18-26(19-13-21)35-29(30(36(37)38)31(39-35)23-8-4-2-5-9-23)27-20-34(25-10-6-3-7-11-25)33-28(27)22-14-16-24(32)17-15-22/h2-20,29-31H,1H3/t29-,30-,31+/m0/s1. The number of benzene rings is 4. The molecule has 0 unspecified atom stereocenters. The molecule has 0 spiro atoms. The summed E-state index contributed by atoms with van der Waals surface area (Å²) in [6.45, 7) is 2.00. The first-order valence-electron chi connectivity index (χ1n) is 12.6. The number of para-hydroxylation sites is 1. The molecule has 1 aliphatic heterocycles. The van der Waals surface area contributed by atoms with E-state index in [1.807, 2.05) is 110 Å². The number of nitrogens with zero attached hydrogens (tertiary/aromatic N) is 4. The second-order valence-electron chi connectivity index (χ2n) is 9.54. The van der Waals surface area contributed by atoms with Crippen molar-refractivity contribution >= 4 is 17.3 Å². The zero-order valence-corrected chi connectivity index (χ0v) is 21.8. The van der Waals surface area contributed by atoms with Crippen molar-refractivity contribution in [3.8, 4) is 16.9 Å². The van der Waals surface area contributed by atoms with Gasteiger partial charge in [-0.05, 0) is 48.9 Å². The number of rotatable bonds is 6. The molecule has 0 radical (unpaired) electrons. The molecule has 0 amide bonds. The van der Waals surface area contributed by atoms with E-state index in [2.05, 4.69) is 0 Å². The molecule has 1 aliphatic rings. The van der Waals surface area contributed by atoms with Gasteiger partial charge in [-0.2, -0.15) is 5.10 Å². The van der Waals surface area contributed by atoms with Crippen LogP contribution in [0.2, 0.25) is 5.02 Å². The first-order chi connectivity index (χ1) is 19.0. The first kappa shape index (κ1) is 24.9. The number of aromatic nitrogens is 2. The second kappa shape index (κ2) is 10.4. The molecule has 5 aromatic rings. The fraction of sp³-hybridized carbons (Fsp3) is 0.129. The lowest BCUT2D eigenvalue weighted by molar-refractivity contribution is -0.531.